The molecule has 202 valence electrons. The first-order chi connectivity index (χ1) is 19.5. The van der Waals surface area contributed by atoms with Gasteiger partial charge in [-0.3, -0.25) is 0 Å². The maximum Gasteiger partial charge on any atom is 0.0485 e. The molecule has 0 radical (unpaired) electrons. The fourth-order valence-electron chi connectivity index (χ4n) is 7.08. The second kappa shape index (κ2) is 11.3. The standard InChI is InChI=1S/C39H41N/c1-29-21-23-33-17-9-11-19-36(33)38(29)39(3,28-32-15-5-4-6-16-32)30(2)22-24-35-27-34-18-10-12-20-37(34)40(35)26-25-31-13-7-8-14-31/h4-6,9-12,15-24,27,31H,2,7-8,13-14,25-26,28H2,1,3H3/b24-22+. The first-order valence-corrected chi connectivity index (χ1v) is 15.0. The minimum Gasteiger partial charge on any atom is -0.341 e. The highest BCUT2D eigenvalue weighted by atomic mass is 15.0. The summed E-state index contributed by atoms with van der Waals surface area (Å²) in [5.74, 6) is 0.872. The summed E-state index contributed by atoms with van der Waals surface area (Å²) < 4.78 is 2.54. The minimum absolute atomic E-state index is 0.260. The largest absolute Gasteiger partial charge is 0.341 e. The van der Waals surface area contributed by atoms with Crippen LogP contribution in [0.15, 0.2) is 115 Å². The summed E-state index contributed by atoms with van der Waals surface area (Å²) in [6, 6.07) is 35.4. The summed E-state index contributed by atoms with van der Waals surface area (Å²) in [5, 5.41) is 3.92. The highest BCUT2D eigenvalue weighted by Gasteiger charge is 2.32. The molecule has 1 aliphatic carbocycles. The SMILES string of the molecule is C=C(/C=C/c1cc2ccccc2n1CCC1CCCC1)C(C)(Cc1ccccc1)c1c(C)ccc2ccccc12. The lowest BCUT2D eigenvalue weighted by Gasteiger charge is -2.34. The fourth-order valence-corrected chi connectivity index (χ4v) is 7.08. The van der Waals surface area contributed by atoms with E-state index < -0.39 is 0 Å². The van der Waals surface area contributed by atoms with Crippen LogP contribution in [0.4, 0.5) is 0 Å². The zero-order valence-electron chi connectivity index (χ0n) is 24.1. The van der Waals surface area contributed by atoms with Gasteiger partial charge in [-0.1, -0.05) is 130 Å². The van der Waals surface area contributed by atoms with Crippen molar-refractivity contribution in [2.24, 2.45) is 5.92 Å². The Morgan fingerprint density at radius 1 is 0.875 bits per heavy atom. The lowest BCUT2D eigenvalue weighted by Crippen LogP contribution is -2.28. The van der Waals surface area contributed by atoms with Crippen LogP contribution >= 0.6 is 0 Å². The molecule has 4 aromatic carbocycles. The van der Waals surface area contributed by atoms with E-state index in [2.05, 4.69) is 128 Å². The van der Waals surface area contributed by atoms with E-state index in [0.29, 0.717) is 0 Å². The number of benzene rings is 4. The highest BCUT2D eigenvalue weighted by Crippen LogP contribution is 2.41. The molecule has 40 heavy (non-hydrogen) atoms. The van der Waals surface area contributed by atoms with Crippen LogP contribution in [0.5, 0.6) is 0 Å². The average Bonchev–Trinajstić information content (AvgIpc) is 3.62. The van der Waals surface area contributed by atoms with Crippen molar-refractivity contribution in [2.45, 2.75) is 64.3 Å². The molecular weight excluding hydrogens is 482 g/mol. The molecule has 1 heteroatoms. The number of aromatic nitrogens is 1. The number of rotatable bonds is 9. The number of hydrogen-bond acceptors (Lipinski definition) is 0. The molecule has 0 spiro atoms. The van der Waals surface area contributed by atoms with Crippen molar-refractivity contribution in [3.63, 3.8) is 0 Å². The second-order valence-corrected chi connectivity index (χ2v) is 12.1. The average molecular weight is 524 g/mol. The summed E-state index contributed by atoms with van der Waals surface area (Å²) in [6.07, 6.45) is 12.4. The van der Waals surface area contributed by atoms with Crippen molar-refractivity contribution in [1.29, 1.82) is 0 Å². The van der Waals surface area contributed by atoms with Crippen molar-refractivity contribution in [3.8, 4) is 0 Å². The molecule has 1 atom stereocenters. The topological polar surface area (TPSA) is 4.93 Å². The number of aryl methyl sites for hydroxylation is 2. The van der Waals surface area contributed by atoms with Crippen LogP contribution in [-0.2, 0) is 18.4 Å². The molecule has 1 aromatic heterocycles. The lowest BCUT2D eigenvalue weighted by atomic mass is 9.69. The first kappa shape index (κ1) is 26.4. The number of para-hydroxylation sites is 1. The third-order valence-corrected chi connectivity index (χ3v) is 9.33. The molecule has 0 aliphatic heterocycles. The van der Waals surface area contributed by atoms with Gasteiger partial charge in [0.2, 0.25) is 0 Å². The molecule has 0 saturated heterocycles. The second-order valence-electron chi connectivity index (χ2n) is 12.1. The van der Waals surface area contributed by atoms with E-state index in [0.717, 1.165) is 24.5 Å². The number of hydrogen-bond donors (Lipinski definition) is 0. The molecule has 1 fully saturated rings. The number of nitrogens with zero attached hydrogens (tertiary/aromatic N) is 1. The van der Waals surface area contributed by atoms with Crippen LogP contribution in [0.1, 0.15) is 61.4 Å². The van der Waals surface area contributed by atoms with Crippen LogP contribution in [0, 0.1) is 12.8 Å². The first-order valence-electron chi connectivity index (χ1n) is 15.0. The maximum atomic E-state index is 4.76. The molecular formula is C39H41N. The van der Waals surface area contributed by atoms with E-state index in [1.54, 1.807) is 0 Å². The van der Waals surface area contributed by atoms with Gasteiger partial charge in [0, 0.05) is 28.6 Å². The van der Waals surface area contributed by atoms with Gasteiger partial charge in [-0.25, -0.2) is 0 Å². The predicted molar refractivity (Wildman–Crippen MR) is 173 cm³/mol. The number of fused-ring (bicyclic) bond motifs is 2. The fraction of sp³-hybridized carbons (Fsp3) is 0.282. The molecule has 1 saturated carbocycles. The summed E-state index contributed by atoms with van der Waals surface area (Å²) in [5.41, 5.74) is 7.52. The van der Waals surface area contributed by atoms with Crippen molar-refractivity contribution in [1.82, 2.24) is 4.57 Å². The summed E-state index contributed by atoms with van der Waals surface area (Å²) in [7, 11) is 0. The molecule has 5 aromatic rings. The van der Waals surface area contributed by atoms with E-state index in [-0.39, 0.29) is 5.41 Å². The Morgan fingerprint density at radius 3 is 2.38 bits per heavy atom. The van der Waals surface area contributed by atoms with E-state index in [1.165, 1.54) is 76.2 Å². The molecule has 1 heterocycles. The third-order valence-electron chi connectivity index (χ3n) is 9.33. The Labute approximate surface area is 239 Å². The Hall–Kier alpha value is -3.84. The molecule has 0 amide bonds. The van der Waals surface area contributed by atoms with Gasteiger partial charge in [0.05, 0.1) is 0 Å². The van der Waals surface area contributed by atoms with Gasteiger partial charge >= 0.3 is 0 Å². The minimum atomic E-state index is -0.260. The Balaban J connectivity index is 1.40. The zero-order chi connectivity index (χ0) is 27.5. The zero-order valence-corrected chi connectivity index (χ0v) is 24.1. The van der Waals surface area contributed by atoms with Crippen LogP contribution in [0.2, 0.25) is 0 Å². The summed E-state index contributed by atoms with van der Waals surface area (Å²) in [6.45, 7) is 10.5. The number of allylic oxidation sites excluding steroid dienone is 2. The van der Waals surface area contributed by atoms with Gasteiger partial charge in [-0.15, -0.1) is 0 Å². The Kier molecular flexibility index (Phi) is 7.48. The van der Waals surface area contributed by atoms with Crippen molar-refractivity contribution in [2.75, 3.05) is 0 Å². The summed E-state index contributed by atoms with van der Waals surface area (Å²) >= 11 is 0. The van der Waals surface area contributed by atoms with Crippen LogP contribution in [0.3, 0.4) is 0 Å². The molecule has 1 nitrogen and oxygen atoms in total. The van der Waals surface area contributed by atoms with E-state index in [1.807, 2.05) is 0 Å². The summed E-state index contributed by atoms with van der Waals surface area (Å²) in [4.78, 5) is 0. The van der Waals surface area contributed by atoms with Crippen molar-refractivity contribution >= 4 is 27.8 Å². The monoisotopic (exact) mass is 523 g/mol. The molecule has 1 aliphatic rings. The van der Waals surface area contributed by atoms with Crippen molar-refractivity contribution < 1.29 is 0 Å². The van der Waals surface area contributed by atoms with Gasteiger partial charge in [-0.2, -0.15) is 0 Å². The smallest absolute Gasteiger partial charge is 0.0485 e. The van der Waals surface area contributed by atoms with Crippen LogP contribution < -0.4 is 0 Å². The van der Waals surface area contributed by atoms with Gasteiger partial charge in [-0.05, 0) is 76.9 Å². The van der Waals surface area contributed by atoms with E-state index in [9.17, 15) is 0 Å². The van der Waals surface area contributed by atoms with Crippen LogP contribution in [0.25, 0.3) is 27.8 Å². The Bertz CT molecular complexity index is 1660. The van der Waals surface area contributed by atoms with Crippen LogP contribution in [-0.4, -0.2) is 4.57 Å². The molecule has 0 bridgehead atoms. The maximum absolute atomic E-state index is 4.76. The Morgan fingerprint density at radius 2 is 1.57 bits per heavy atom. The van der Waals surface area contributed by atoms with Gasteiger partial charge in [0.1, 0.15) is 0 Å². The van der Waals surface area contributed by atoms with E-state index in [4.69, 9.17) is 6.58 Å². The van der Waals surface area contributed by atoms with Gasteiger partial charge in [0.15, 0.2) is 0 Å². The lowest BCUT2D eigenvalue weighted by molar-refractivity contribution is 0.462. The predicted octanol–water partition coefficient (Wildman–Crippen LogP) is 10.5. The van der Waals surface area contributed by atoms with Gasteiger partial charge in [0.25, 0.3) is 0 Å². The molecule has 1 unspecified atom stereocenters. The third kappa shape index (κ3) is 5.18. The normalized spacial score (nSPS) is 15.8. The molecule has 6 rings (SSSR count). The highest BCUT2D eigenvalue weighted by molar-refractivity contribution is 5.89. The quantitative estimate of drug-likeness (QED) is 0.169. The molecule has 0 N–H and O–H groups in total. The van der Waals surface area contributed by atoms with E-state index >= 15 is 0 Å². The van der Waals surface area contributed by atoms with Gasteiger partial charge < -0.3 is 4.57 Å². The van der Waals surface area contributed by atoms with Crippen molar-refractivity contribution in [3.05, 3.63) is 138 Å².